The number of carbonyl (C=O) groups excluding carboxylic acids is 1. The van der Waals surface area contributed by atoms with Crippen LogP contribution >= 0.6 is 11.3 Å². The molecule has 0 spiro atoms. The van der Waals surface area contributed by atoms with Gasteiger partial charge in [-0.1, -0.05) is 25.5 Å². The summed E-state index contributed by atoms with van der Waals surface area (Å²) < 4.78 is 13.0. The quantitative estimate of drug-likeness (QED) is 0.547. The zero-order valence-electron chi connectivity index (χ0n) is 17.5. The molecule has 0 bridgehead atoms. The van der Waals surface area contributed by atoms with Gasteiger partial charge in [0.1, 0.15) is 0 Å². The summed E-state index contributed by atoms with van der Waals surface area (Å²) in [4.78, 5) is 13.4. The Morgan fingerprint density at radius 2 is 1.90 bits per heavy atom. The minimum atomic E-state index is -0.367. The Kier molecular flexibility index (Phi) is 6.64. The number of nitrogens with zero attached hydrogens (tertiary/aromatic N) is 1. The van der Waals surface area contributed by atoms with Crippen LogP contribution in [0.25, 0.3) is 10.4 Å². The maximum absolute atomic E-state index is 12.3. The molecule has 2 heterocycles. The number of amides is 1. The lowest BCUT2D eigenvalue weighted by Crippen LogP contribution is -2.13. The number of methoxy groups -OCH3 is 2. The van der Waals surface area contributed by atoms with Crippen molar-refractivity contribution >= 4 is 17.2 Å². The zero-order chi connectivity index (χ0) is 21.0. The van der Waals surface area contributed by atoms with Gasteiger partial charge in [0.15, 0.2) is 11.5 Å². The van der Waals surface area contributed by atoms with Crippen LogP contribution in [0.5, 0.6) is 11.5 Å². The van der Waals surface area contributed by atoms with Gasteiger partial charge in [-0.15, -0.1) is 11.3 Å². The number of hydrogen-bond donors (Lipinski definition) is 1. The smallest absolute Gasteiger partial charge is 0.251 e. The molecule has 0 fully saturated rings. The van der Waals surface area contributed by atoms with Crippen LogP contribution in [0.3, 0.4) is 0 Å². The molecule has 5 nitrogen and oxygen atoms in total. The van der Waals surface area contributed by atoms with Crippen LogP contribution in [0.2, 0.25) is 0 Å². The van der Waals surface area contributed by atoms with Crippen molar-refractivity contribution in [1.29, 1.82) is 0 Å². The molecule has 0 aliphatic rings. The van der Waals surface area contributed by atoms with Crippen molar-refractivity contribution in [3.63, 3.8) is 0 Å². The standard InChI is InChI=1S/C23H28N2O3S/c1-5-7-17-22(20-8-6-13-29-20)21(23(24)26)15(2)25(17)12-11-16-9-10-18(27-3)19(14-16)28-4/h6,8-10,13-14H,5,7,11-12H2,1-4H3,(H2,24,26). The molecule has 3 rings (SSSR count). The fourth-order valence-corrected chi connectivity index (χ4v) is 4.66. The van der Waals surface area contributed by atoms with E-state index in [0.717, 1.165) is 59.0 Å². The molecule has 0 aliphatic carbocycles. The summed E-state index contributed by atoms with van der Waals surface area (Å²) in [5.41, 5.74) is 10.7. The molecule has 0 radical (unpaired) electrons. The predicted molar refractivity (Wildman–Crippen MR) is 118 cm³/mol. The van der Waals surface area contributed by atoms with Gasteiger partial charge < -0.3 is 19.8 Å². The van der Waals surface area contributed by atoms with E-state index in [1.54, 1.807) is 25.6 Å². The first-order chi connectivity index (χ1) is 14.0. The molecule has 29 heavy (non-hydrogen) atoms. The zero-order valence-corrected chi connectivity index (χ0v) is 18.3. The van der Waals surface area contributed by atoms with E-state index >= 15 is 0 Å². The summed E-state index contributed by atoms with van der Waals surface area (Å²) in [6.07, 6.45) is 2.71. The maximum Gasteiger partial charge on any atom is 0.251 e. The van der Waals surface area contributed by atoms with Gasteiger partial charge in [0.2, 0.25) is 0 Å². The molecule has 0 aliphatic heterocycles. The highest BCUT2D eigenvalue weighted by Crippen LogP contribution is 2.36. The summed E-state index contributed by atoms with van der Waals surface area (Å²) in [5, 5.41) is 2.03. The van der Waals surface area contributed by atoms with Crippen LogP contribution in [0, 0.1) is 6.92 Å². The number of primary amides is 1. The number of nitrogens with two attached hydrogens (primary N) is 1. The third-order valence-electron chi connectivity index (χ3n) is 5.20. The summed E-state index contributed by atoms with van der Waals surface area (Å²) in [7, 11) is 3.28. The minimum Gasteiger partial charge on any atom is -0.493 e. The van der Waals surface area contributed by atoms with E-state index < -0.39 is 0 Å². The third-order valence-corrected chi connectivity index (χ3v) is 6.09. The molecule has 6 heteroatoms. The molecule has 3 aromatic rings. The van der Waals surface area contributed by atoms with Gasteiger partial charge in [-0.05, 0) is 48.9 Å². The lowest BCUT2D eigenvalue weighted by atomic mass is 10.0. The molecule has 0 saturated heterocycles. The molecule has 0 atom stereocenters. The van der Waals surface area contributed by atoms with Crippen molar-refractivity contribution in [3.8, 4) is 21.9 Å². The minimum absolute atomic E-state index is 0.367. The van der Waals surface area contributed by atoms with Gasteiger partial charge >= 0.3 is 0 Å². The first-order valence-electron chi connectivity index (χ1n) is 9.78. The fourth-order valence-electron chi connectivity index (χ4n) is 3.86. The summed E-state index contributed by atoms with van der Waals surface area (Å²) >= 11 is 1.64. The van der Waals surface area contributed by atoms with E-state index in [1.165, 1.54) is 5.69 Å². The lowest BCUT2D eigenvalue weighted by Gasteiger charge is -2.14. The molecular formula is C23H28N2O3S. The van der Waals surface area contributed by atoms with Gasteiger partial charge in [0.05, 0.1) is 19.8 Å². The Labute approximate surface area is 176 Å². The van der Waals surface area contributed by atoms with E-state index in [2.05, 4.69) is 23.6 Å². The highest BCUT2D eigenvalue weighted by Gasteiger charge is 2.24. The summed E-state index contributed by atoms with van der Waals surface area (Å²) in [6, 6.07) is 10.1. The van der Waals surface area contributed by atoms with Gasteiger partial charge in [-0.2, -0.15) is 0 Å². The highest BCUT2D eigenvalue weighted by atomic mass is 32.1. The normalized spacial score (nSPS) is 10.9. The molecular weight excluding hydrogens is 384 g/mol. The Bertz CT molecular complexity index is 990. The van der Waals surface area contributed by atoms with Crippen LogP contribution in [-0.4, -0.2) is 24.7 Å². The molecule has 0 saturated carbocycles. The molecule has 1 aromatic carbocycles. The number of thiophene rings is 1. The summed E-state index contributed by atoms with van der Waals surface area (Å²) in [6.45, 7) is 4.91. The topological polar surface area (TPSA) is 66.5 Å². The molecule has 2 aromatic heterocycles. The number of benzene rings is 1. The van der Waals surface area contributed by atoms with Gasteiger partial charge in [0.25, 0.3) is 5.91 Å². The Morgan fingerprint density at radius 3 is 2.48 bits per heavy atom. The van der Waals surface area contributed by atoms with Crippen molar-refractivity contribution in [3.05, 3.63) is 58.2 Å². The molecule has 154 valence electrons. The van der Waals surface area contributed by atoms with Crippen molar-refractivity contribution in [2.24, 2.45) is 5.73 Å². The van der Waals surface area contributed by atoms with Crippen LogP contribution in [0.4, 0.5) is 0 Å². The molecule has 1 amide bonds. The van der Waals surface area contributed by atoms with Crippen LogP contribution < -0.4 is 15.2 Å². The first kappa shape index (κ1) is 21.0. The van der Waals surface area contributed by atoms with Gasteiger partial charge in [-0.25, -0.2) is 0 Å². The van der Waals surface area contributed by atoms with Crippen molar-refractivity contribution in [1.82, 2.24) is 4.57 Å². The Morgan fingerprint density at radius 1 is 1.14 bits per heavy atom. The monoisotopic (exact) mass is 412 g/mol. The number of aryl methyl sites for hydroxylation is 1. The average molecular weight is 413 g/mol. The van der Waals surface area contributed by atoms with Crippen LogP contribution in [-0.2, 0) is 19.4 Å². The van der Waals surface area contributed by atoms with E-state index in [-0.39, 0.29) is 5.91 Å². The van der Waals surface area contributed by atoms with E-state index in [0.29, 0.717) is 5.56 Å². The number of aromatic nitrogens is 1. The van der Waals surface area contributed by atoms with Crippen LogP contribution in [0.15, 0.2) is 35.7 Å². The fraction of sp³-hybridized carbons (Fsp3) is 0.348. The number of ether oxygens (including phenoxy) is 2. The lowest BCUT2D eigenvalue weighted by molar-refractivity contribution is 0.1000. The van der Waals surface area contributed by atoms with Gasteiger partial charge in [0, 0.05) is 28.4 Å². The first-order valence-corrected chi connectivity index (χ1v) is 10.7. The largest absolute Gasteiger partial charge is 0.493 e. The average Bonchev–Trinajstić information content (AvgIpc) is 3.33. The SMILES string of the molecule is CCCc1c(-c2cccs2)c(C(N)=O)c(C)n1CCc1ccc(OC)c(OC)c1. The number of rotatable bonds is 9. The maximum atomic E-state index is 12.3. The summed E-state index contributed by atoms with van der Waals surface area (Å²) in [5.74, 6) is 1.07. The third kappa shape index (κ3) is 4.17. The molecule has 0 unspecified atom stereocenters. The highest BCUT2D eigenvalue weighted by molar-refractivity contribution is 7.13. The van der Waals surface area contributed by atoms with Crippen LogP contribution in [0.1, 0.15) is 40.7 Å². The van der Waals surface area contributed by atoms with Gasteiger partial charge in [-0.3, -0.25) is 4.79 Å². The van der Waals surface area contributed by atoms with E-state index in [9.17, 15) is 4.79 Å². The Balaban J connectivity index is 2.01. The second kappa shape index (κ2) is 9.18. The number of carbonyl (C=O) groups is 1. The van der Waals surface area contributed by atoms with E-state index in [4.69, 9.17) is 15.2 Å². The van der Waals surface area contributed by atoms with Crippen molar-refractivity contribution < 1.29 is 14.3 Å². The van der Waals surface area contributed by atoms with E-state index in [1.807, 2.05) is 30.5 Å². The number of hydrogen-bond acceptors (Lipinski definition) is 4. The molecule has 2 N–H and O–H groups in total. The predicted octanol–water partition coefficient (Wildman–Crippen LogP) is 4.84. The second-order valence-electron chi connectivity index (χ2n) is 6.96. The van der Waals surface area contributed by atoms with Crippen molar-refractivity contribution in [2.45, 2.75) is 39.7 Å². The Hall–Kier alpha value is -2.73. The van der Waals surface area contributed by atoms with Crippen molar-refractivity contribution in [2.75, 3.05) is 14.2 Å². The second-order valence-corrected chi connectivity index (χ2v) is 7.91.